The van der Waals surface area contributed by atoms with Crippen LogP contribution in [0.1, 0.15) is 43.0 Å². The van der Waals surface area contributed by atoms with E-state index in [0.717, 1.165) is 25.7 Å². The average Bonchev–Trinajstić information content (AvgIpc) is 2.98. The summed E-state index contributed by atoms with van der Waals surface area (Å²) in [6.07, 6.45) is 4.34. The second-order valence-corrected chi connectivity index (χ2v) is 5.05. The van der Waals surface area contributed by atoms with Gasteiger partial charge in [-0.2, -0.15) is 0 Å². The molecule has 20 heavy (non-hydrogen) atoms. The van der Waals surface area contributed by atoms with Gasteiger partial charge in [0.1, 0.15) is 6.04 Å². The van der Waals surface area contributed by atoms with Gasteiger partial charge in [-0.05, 0) is 31.9 Å². The molecule has 1 saturated carbocycles. The van der Waals surface area contributed by atoms with Gasteiger partial charge in [-0.15, -0.1) is 0 Å². The van der Waals surface area contributed by atoms with Crippen LogP contribution in [0.25, 0.3) is 0 Å². The lowest BCUT2D eigenvalue weighted by atomic mass is 10.2. The van der Waals surface area contributed by atoms with E-state index in [1.54, 1.807) is 31.2 Å². The molecule has 0 heterocycles. The number of carbonyl (C=O) groups excluding carboxylic acids is 2. The fourth-order valence-corrected chi connectivity index (χ4v) is 2.17. The van der Waals surface area contributed by atoms with Crippen LogP contribution in [0.5, 0.6) is 0 Å². The van der Waals surface area contributed by atoms with Gasteiger partial charge in [-0.3, -0.25) is 14.4 Å². The molecule has 0 aromatic heterocycles. The van der Waals surface area contributed by atoms with Gasteiger partial charge in [0.05, 0.1) is 6.10 Å². The molecule has 2 amide bonds. The van der Waals surface area contributed by atoms with E-state index in [2.05, 4.69) is 10.8 Å². The van der Waals surface area contributed by atoms with Gasteiger partial charge in [0.15, 0.2) is 0 Å². The van der Waals surface area contributed by atoms with Gasteiger partial charge < -0.3 is 5.32 Å². The van der Waals surface area contributed by atoms with Crippen LogP contribution in [0, 0.1) is 0 Å². The molecule has 1 atom stereocenters. The monoisotopic (exact) mass is 276 g/mol. The highest BCUT2D eigenvalue weighted by molar-refractivity contribution is 5.97. The first-order valence-corrected chi connectivity index (χ1v) is 6.98. The minimum absolute atomic E-state index is 0.107. The molecule has 0 spiro atoms. The Labute approximate surface area is 118 Å². The van der Waals surface area contributed by atoms with Crippen LogP contribution in [-0.2, 0) is 9.63 Å². The van der Waals surface area contributed by atoms with Crippen molar-refractivity contribution in [1.82, 2.24) is 10.8 Å². The SMILES string of the molecule is CC(NC(=O)c1ccccc1)C(=O)NOC1CCCC1. The van der Waals surface area contributed by atoms with E-state index >= 15 is 0 Å². The first-order valence-electron chi connectivity index (χ1n) is 6.98. The van der Waals surface area contributed by atoms with Crippen LogP contribution in [0.4, 0.5) is 0 Å². The van der Waals surface area contributed by atoms with E-state index in [4.69, 9.17) is 4.84 Å². The van der Waals surface area contributed by atoms with Gasteiger partial charge >= 0.3 is 0 Å². The molecule has 2 rings (SSSR count). The topological polar surface area (TPSA) is 67.4 Å². The van der Waals surface area contributed by atoms with Crippen molar-refractivity contribution in [2.24, 2.45) is 0 Å². The second-order valence-electron chi connectivity index (χ2n) is 5.05. The Kier molecular flexibility index (Phi) is 5.12. The Morgan fingerprint density at radius 2 is 1.85 bits per heavy atom. The molecule has 0 bridgehead atoms. The van der Waals surface area contributed by atoms with Crippen molar-refractivity contribution in [3.8, 4) is 0 Å². The van der Waals surface area contributed by atoms with Gasteiger partial charge in [-0.1, -0.05) is 31.0 Å². The minimum Gasteiger partial charge on any atom is -0.340 e. The van der Waals surface area contributed by atoms with E-state index in [1.165, 1.54) is 0 Å². The van der Waals surface area contributed by atoms with Crippen molar-refractivity contribution in [1.29, 1.82) is 0 Å². The number of amides is 2. The normalized spacial score (nSPS) is 16.6. The Bertz CT molecular complexity index is 455. The minimum atomic E-state index is -0.635. The van der Waals surface area contributed by atoms with Crippen molar-refractivity contribution in [3.05, 3.63) is 35.9 Å². The van der Waals surface area contributed by atoms with E-state index in [-0.39, 0.29) is 17.9 Å². The molecule has 1 aliphatic rings. The Morgan fingerprint density at radius 3 is 2.50 bits per heavy atom. The third kappa shape index (κ3) is 4.06. The number of hydroxylamine groups is 1. The molecule has 1 unspecified atom stereocenters. The largest absolute Gasteiger partial charge is 0.340 e. The Morgan fingerprint density at radius 1 is 1.20 bits per heavy atom. The van der Waals surface area contributed by atoms with Crippen LogP contribution in [0.15, 0.2) is 30.3 Å². The molecule has 5 heteroatoms. The molecule has 1 aromatic carbocycles. The number of nitrogens with one attached hydrogen (secondary N) is 2. The zero-order valence-corrected chi connectivity index (χ0v) is 11.6. The number of carbonyl (C=O) groups is 2. The summed E-state index contributed by atoms with van der Waals surface area (Å²) >= 11 is 0. The van der Waals surface area contributed by atoms with Crippen molar-refractivity contribution in [2.75, 3.05) is 0 Å². The molecule has 5 nitrogen and oxygen atoms in total. The summed E-state index contributed by atoms with van der Waals surface area (Å²) in [5.74, 6) is -0.602. The Hall–Kier alpha value is -1.88. The smallest absolute Gasteiger partial charge is 0.265 e. The maximum absolute atomic E-state index is 11.9. The zero-order chi connectivity index (χ0) is 14.4. The fourth-order valence-electron chi connectivity index (χ4n) is 2.17. The lowest BCUT2D eigenvalue weighted by molar-refractivity contribution is -0.139. The first kappa shape index (κ1) is 14.5. The second kappa shape index (κ2) is 7.05. The highest BCUT2D eigenvalue weighted by Crippen LogP contribution is 2.19. The lowest BCUT2D eigenvalue weighted by Gasteiger charge is -2.16. The number of benzene rings is 1. The lowest BCUT2D eigenvalue weighted by Crippen LogP contribution is -2.45. The quantitative estimate of drug-likeness (QED) is 0.806. The predicted molar refractivity (Wildman–Crippen MR) is 74.9 cm³/mol. The zero-order valence-electron chi connectivity index (χ0n) is 11.6. The summed E-state index contributed by atoms with van der Waals surface area (Å²) in [7, 11) is 0. The van der Waals surface area contributed by atoms with E-state index < -0.39 is 6.04 Å². The van der Waals surface area contributed by atoms with Crippen LogP contribution < -0.4 is 10.8 Å². The van der Waals surface area contributed by atoms with E-state index in [0.29, 0.717) is 5.56 Å². The molecule has 0 saturated heterocycles. The van der Waals surface area contributed by atoms with Crippen LogP contribution in [0.2, 0.25) is 0 Å². The van der Waals surface area contributed by atoms with Crippen molar-refractivity contribution in [3.63, 3.8) is 0 Å². The molecule has 0 radical (unpaired) electrons. The van der Waals surface area contributed by atoms with Crippen LogP contribution >= 0.6 is 0 Å². The number of rotatable bonds is 5. The molecule has 1 fully saturated rings. The highest BCUT2D eigenvalue weighted by Gasteiger charge is 2.20. The summed E-state index contributed by atoms with van der Waals surface area (Å²) in [5.41, 5.74) is 2.96. The molecular weight excluding hydrogens is 256 g/mol. The number of hydrogen-bond acceptors (Lipinski definition) is 3. The van der Waals surface area contributed by atoms with Gasteiger partial charge in [0.25, 0.3) is 11.8 Å². The predicted octanol–water partition coefficient (Wildman–Crippen LogP) is 1.80. The first-order chi connectivity index (χ1) is 9.66. The van der Waals surface area contributed by atoms with Gasteiger partial charge in [0.2, 0.25) is 0 Å². The van der Waals surface area contributed by atoms with Crippen molar-refractivity contribution >= 4 is 11.8 Å². The summed E-state index contributed by atoms with van der Waals surface area (Å²) < 4.78 is 0. The number of hydrogen-bond donors (Lipinski definition) is 2. The maximum Gasteiger partial charge on any atom is 0.265 e. The molecule has 108 valence electrons. The van der Waals surface area contributed by atoms with Gasteiger partial charge in [-0.25, -0.2) is 5.48 Å². The third-order valence-electron chi connectivity index (χ3n) is 3.41. The molecule has 1 aromatic rings. The van der Waals surface area contributed by atoms with Gasteiger partial charge in [0, 0.05) is 5.56 Å². The van der Waals surface area contributed by atoms with Crippen LogP contribution in [0.3, 0.4) is 0 Å². The van der Waals surface area contributed by atoms with Crippen LogP contribution in [-0.4, -0.2) is 24.0 Å². The molecular formula is C15H20N2O3. The maximum atomic E-state index is 11.9. The highest BCUT2D eigenvalue weighted by atomic mass is 16.7. The Balaban J connectivity index is 1.77. The fraction of sp³-hybridized carbons (Fsp3) is 0.467. The standard InChI is InChI=1S/C15H20N2O3/c1-11(14(18)17-20-13-9-5-6-10-13)16-15(19)12-7-3-2-4-8-12/h2-4,7-8,11,13H,5-6,9-10H2,1H3,(H,16,19)(H,17,18). The summed E-state index contributed by atoms with van der Waals surface area (Å²) in [6.45, 7) is 1.63. The molecule has 2 N–H and O–H groups in total. The summed E-state index contributed by atoms with van der Waals surface area (Å²) in [4.78, 5) is 29.0. The summed E-state index contributed by atoms with van der Waals surface area (Å²) in [6, 6.07) is 8.17. The third-order valence-corrected chi connectivity index (χ3v) is 3.41. The van der Waals surface area contributed by atoms with Crippen molar-refractivity contribution < 1.29 is 14.4 Å². The van der Waals surface area contributed by atoms with E-state index in [9.17, 15) is 9.59 Å². The summed E-state index contributed by atoms with van der Waals surface area (Å²) in [5, 5.41) is 2.64. The average molecular weight is 276 g/mol. The molecule has 0 aliphatic heterocycles. The molecule has 1 aliphatic carbocycles. The van der Waals surface area contributed by atoms with Crippen molar-refractivity contribution in [2.45, 2.75) is 44.8 Å². The van der Waals surface area contributed by atoms with E-state index in [1.807, 2.05) is 6.07 Å².